The number of hydrogen-bond acceptors (Lipinski definition) is 3. The van der Waals surface area contributed by atoms with Crippen molar-refractivity contribution in [2.45, 2.75) is 19.4 Å². The molecule has 1 heterocycles. The number of urea groups is 1. The predicted molar refractivity (Wildman–Crippen MR) is 57.6 cm³/mol. The molecule has 1 aromatic heterocycles. The molecule has 15 heavy (non-hydrogen) atoms. The number of nitrogens with one attached hydrogen (secondary N) is 2. The van der Waals surface area contributed by atoms with Crippen LogP contribution in [-0.2, 0) is 0 Å². The first-order chi connectivity index (χ1) is 7.18. The maximum Gasteiger partial charge on any atom is 0.319 e. The Hall–Kier alpha value is -1.62. The standard InChI is InChI=1S/C10H15N3O2/c1-8(14)2-7-12-10(15)13-9-3-5-11-6-4-9/h3-6,8,14H,2,7H2,1H3,(H2,11,12,13,15). The zero-order chi connectivity index (χ0) is 11.1. The van der Waals surface area contributed by atoms with Crippen LogP contribution in [0.2, 0.25) is 0 Å². The summed E-state index contributed by atoms with van der Waals surface area (Å²) in [4.78, 5) is 15.1. The minimum Gasteiger partial charge on any atom is -0.393 e. The number of carbonyl (C=O) groups is 1. The SMILES string of the molecule is CC(O)CCNC(=O)Nc1ccncc1. The highest BCUT2D eigenvalue weighted by Crippen LogP contribution is 2.02. The number of amides is 2. The quantitative estimate of drug-likeness (QED) is 0.691. The van der Waals surface area contributed by atoms with Gasteiger partial charge in [-0.1, -0.05) is 0 Å². The van der Waals surface area contributed by atoms with E-state index in [4.69, 9.17) is 5.11 Å². The molecule has 1 atom stereocenters. The summed E-state index contributed by atoms with van der Waals surface area (Å²) >= 11 is 0. The van der Waals surface area contributed by atoms with E-state index in [1.54, 1.807) is 31.5 Å². The van der Waals surface area contributed by atoms with Crippen LogP contribution in [0.4, 0.5) is 10.5 Å². The molecule has 0 saturated heterocycles. The van der Waals surface area contributed by atoms with Crippen molar-refractivity contribution in [3.63, 3.8) is 0 Å². The Kier molecular flexibility index (Phi) is 4.56. The number of anilines is 1. The number of aliphatic hydroxyl groups excluding tert-OH is 1. The summed E-state index contributed by atoms with van der Waals surface area (Å²) in [6.07, 6.45) is 3.35. The molecule has 0 aliphatic heterocycles. The Morgan fingerprint density at radius 3 is 2.80 bits per heavy atom. The number of aliphatic hydroxyl groups is 1. The van der Waals surface area contributed by atoms with Crippen molar-refractivity contribution >= 4 is 11.7 Å². The van der Waals surface area contributed by atoms with Crippen LogP contribution in [0.5, 0.6) is 0 Å². The fourth-order valence-corrected chi connectivity index (χ4v) is 1.01. The molecule has 0 aromatic carbocycles. The second-order valence-electron chi connectivity index (χ2n) is 3.25. The van der Waals surface area contributed by atoms with Gasteiger partial charge in [-0.15, -0.1) is 0 Å². The van der Waals surface area contributed by atoms with Crippen LogP contribution in [0.15, 0.2) is 24.5 Å². The zero-order valence-electron chi connectivity index (χ0n) is 8.60. The summed E-state index contributed by atoms with van der Waals surface area (Å²) in [7, 11) is 0. The van der Waals surface area contributed by atoms with Gasteiger partial charge in [-0.25, -0.2) is 4.79 Å². The molecule has 0 aliphatic carbocycles. The topological polar surface area (TPSA) is 74.2 Å². The van der Waals surface area contributed by atoms with Gasteiger partial charge in [0.2, 0.25) is 0 Å². The van der Waals surface area contributed by atoms with Crippen molar-refractivity contribution in [3.05, 3.63) is 24.5 Å². The van der Waals surface area contributed by atoms with E-state index < -0.39 is 6.10 Å². The lowest BCUT2D eigenvalue weighted by molar-refractivity contribution is 0.184. The normalized spacial score (nSPS) is 11.9. The largest absolute Gasteiger partial charge is 0.393 e. The van der Waals surface area contributed by atoms with Crippen LogP contribution in [-0.4, -0.2) is 28.8 Å². The van der Waals surface area contributed by atoms with Crippen LogP contribution < -0.4 is 10.6 Å². The lowest BCUT2D eigenvalue weighted by atomic mass is 10.3. The summed E-state index contributed by atoms with van der Waals surface area (Å²) < 4.78 is 0. The highest BCUT2D eigenvalue weighted by atomic mass is 16.3. The summed E-state index contributed by atoms with van der Waals surface area (Å²) in [6.45, 7) is 2.14. The molecule has 0 aliphatic rings. The molecule has 5 nitrogen and oxygen atoms in total. The third-order valence-electron chi connectivity index (χ3n) is 1.79. The third kappa shape index (κ3) is 4.97. The molecule has 0 fully saturated rings. The minimum absolute atomic E-state index is 0.276. The molecule has 0 bridgehead atoms. The molecule has 0 radical (unpaired) electrons. The lowest BCUT2D eigenvalue weighted by Gasteiger charge is -2.08. The van der Waals surface area contributed by atoms with E-state index in [1.165, 1.54) is 0 Å². The second-order valence-corrected chi connectivity index (χ2v) is 3.25. The van der Waals surface area contributed by atoms with E-state index in [1.807, 2.05) is 0 Å². The molecule has 0 saturated carbocycles. The first kappa shape index (κ1) is 11.5. The first-order valence-corrected chi connectivity index (χ1v) is 4.81. The summed E-state index contributed by atoms with van der Waals surface area (Å²) in [5.74, 6) is 0. The van der Waals surface area contributed by atoms with Crippen molar-refractivity contribution in [3.8, 4) is 0 Å². The molecule has 1 rings (SSSR count). The highest BCUT2D eigenvalue weighted by molar-refractivity contribution is 5.88. The maximum atomic E-state index is 11.3. The molecule has 3 N–H and O–H groups in total. The van der Waals surface area contributed by atoms with Gasteiger partial charge in [0.15, 0.2) is 0 Å². The van der Waals surface area contributed by atoms with Crippen molar-refractivity contribution < 1.29 is 9.90 Å². The molecular weight excluding hydrogens is 194 g/mol. The molecule has 0 spiro atoms. The third-order valence-corrected chi connectivity index (χ3v) is 1.79. The highest BCUT2D eigenvalue weighted by Gasteiger charge is 2.01. The Labute approximate surface area is 88.5 Å². The molecule has 2 amide bonds. The van der Waals surface area contributed by atoms with Gasteiger partial charge < -0.3 is 15.7 Å². The summed E-state index contributed by atoms with van der Waals surface area (Å²) in [5, 5.41) is 14.3. The van der Waals surface area contributed by atoms with Crippen LogP contribution in [0.3, 0.4) is 0 Å². The summed E-state index contributed by atoms with van der Waals surface area (Å²) in [6, 6.07) is 3.13. The average molecular weight is 209 g/mol. The number of aromatic nitrogens is 1. The fraction of sp³-hybridized carbons (Fsp3) is 0.400. The second kappa shape index (κ2) is 5.98. The Morgan fingerprint density at radius 1 is 1.53 bits per heavy atom. The maximum absolute atomic E-state index is 11.3. The number of rotatable bonds is 4. The van der Waals surface area contributed by atoms with Gasteiger partial charge in [-0.2, -0.15) is 0 Å². The number of carbonyl (C=O) groups excluding carboxylic acids is 1. The van der Waals surface area contributed by atoms with Gasteiger partial charge in [0.05, 0.1) is 6.10 Å². The molecule has 82 valence electrons. The summed E-state index contributed by atoms with van der Waals surface area (Å²) in [5.41, 5.74) is 0.694. The van der Waals surface area contributed by atoms with Crippen molar-refractivity contribution in [1.29, 1.82) is 0 Å². The van der Waals surface area contributed by atoms with E-state index in [9.17, 15) is 4.79 Å². The van der Waals surface area contributed by atoms with Crippen molar-refractivity contribution in [2.75, 3.05) is 11.9 Å². The Morgan fingerprint density at radius 2 is 2.20 bits per heavy atom. The number of hydrogen-bond donors (Lipinski definition) is 3. The molecule has 1 aromatic rings. The van der Waals surface area contributed by atoms with E-state index in [0.29, 0.717) is 18.7 Å². The van der Waals surface area contributed by atoms with Crippen molar-refractivity contribution in [1.82, 2.24) is 10.3 Å². The lowest BCUT2D eigenvalue weighted by Crippen LogP contribution is -2.30. The molecular formula is C10H15N3O2. The smallest absolute Gasteiger partial charge is 0.319 e. The van der Waals surface area contributed by atoms with E-state index in [-0.39, 0.29) is 6.03 Å². The van der Waals surface area contributed by atoms with Gasteiger partial charge in [-0.05, 0) is 25.5 Å². The minimum atomic E-state index is -0.397. The van der Waals surface area contributed by atoms with E-state index >= 15 is 0 Å². The number of nitrogens with zero attached hydrogens (tertiary/aromatic N) is 1. The van der Waals surface area contributed by atoms with E-state index in [0.717, 1.165) is 0 Å². The first-order valence-electron chi connectivity index (χ1n) is 4.81. The Bertz CT molecular complexity index is 301. The van der Waals surface area contributed by atoms with Crippen molar-refractivity contribution in [2.24, 2.45) is 0 Å². The molecule has 1 unspecified atom stereocenters. The van der Waals surface area contributed by atoms with Crippen LogP contribution >= 0.6 is 0 Å². The van der Waals surface area contributed by atoms with Crippen LogP contribution in [0, 0.1) is 0 Å². The van der Waals surface area contributed by atoms with Gasteiger partial charge >= 0.3 is 6.03 Å². The Balaban J connectivity index is 2.25. The van der Waals surface area contributed by atoms with Crippen LogP contribution in [0.1, 0.15) is 13.3 Å². The predicted octanol–water partition coefficient (Wildman–Crippen LogP) is 0.974. The fourth-order valence-electron chi connectivity index (χ4n) is 1.01. The molecule has 5 heteroatoms. The van der Waals surface area contributed by atoms with Gasteiger partial charge in [0, 0.05) is 24.6 Å². The van der Waals surface area contributed by atoms with E-state index in [2.05, 4.69) is 15.6 Å². The van der Waals surface area contributed by atoms with Crippen LogP contribution in [0.25, 0.3) is 0 Å². The zero-order valence-corrected chi connectivity index (χ0v) is 8.60. The number of pyridine rings is 1. The van der Waals surface area contributed by atoms with Gasteiger partial charge in [-0.3, -0.25) is 4.98 Å². The average Bonchev–Trinajstić information content (AvgIpc) is 2.18. The van der Waals surface area contributed by atoms with Gasteiger partial charge in [0.25, 0.3) is 0 Å². The monoisotopic (exact) mass is 209 g/mol. The van der Waals surface area contributed by atoms with Gasteiger partial charge in [0.1, 0.15) is 0 Å².